The largest absolute Gasteiger partial charge is 0.340 e. The van der Waals surface area contributed by atoms with Gasteiger partial charge in [0.2, 0.25) is 0 Å². The monoisotopic (exact) mass is 405 g/mol. The maximum absolute atomic E-state index is 9.08. The van der Waals surface area contributed by atoms with Gasteiger partial charge >= 0.3 is 0 Å². The highest BCUT2D eigenvalue weighted by Crippen LogP contribution is 2.35. The summed E-state index contributed by atoms with van der Waals surface area (Å²) in [5, 5.41) is 9.08. The Morgan fingerprint density at radius 1 is 1.06 bits per heavy atom. The van der Waals surface area contributed by atoms with Gasteiger partial charge in [0.15, 0.2) is 5.82 Å². The van der Waals surface area contributed by atoms with Gasteiger partial charge in [-0.05, 0) is 66.1 Å². The fourth-order valence-corrected chi connectivity index (χ4v) is 5.01. The van der Waals surface area contributed by atoms with Crippen LogP contribution in [-0.2, 0) is 13.0 Å². The molecule has 3 heterocycles. The Bertz CT molecular complexity index is 1310. The van der Waals surface area contributed by atoms with Crippen LogP contribution in [0.15, 0.2) is 67.1 Å². The highest BCUT2D eigenvalue weighted by Gasteiger charge is 2.27. The van der Waals surface area contributed by atoms with Crippen molar-refractivity contribution in [3.05, 3.63) is 83.8 Å². The maximum Gasteiger partial charge on any atom is 0.161 e. The van der Waals surface area contributed by atoms with Gasteiger partial charge in [-0.15, -0.1) is 0 Å². The molecular weight excluding hydrogens is 382 g/mol. The molecule has 1 fully saturated rings. The smallest absolute Gasteiger partial charge is 0.161 e. The van der Waals surface area contributed by atoms with E-state index in [1.165, 1.54) is 16.8 Å². The molecule has 2 aromatic heterocycles. The standard InChI is InChI=1S/C26H23N5/c27-14-17-1-4-20(5-2-17)21-13-25-26-29-7-8-31(26)24-6-3-18(9-19-11-23(28)12-19)10-22(24)16-30(25)15-21/h1-8,10,13,15,19,23H,9,11-12,16,28H2. The zero-order valence-electron chi connectivity index (χ0n) is 17.2. The minimum absolute atomic E-state index is 0.391. The van der Waals surface area contributed by atoms with Crippen LogP contribution in [0.5, 0.6) is 0 Å². The summed E-state index contributed by atoms with van der Waals surface area (Å²) < 4.78 is 4.49. The summed E-state index contributed by atoms with van der Waals surface area (Å²) in [5.74, 6) is 1.67. The van der Waals surface area contributed by atoms with Crippen molar-refractivity contribution < 1.29 is 0 Å². The Hall–Kier alpha value is -3.62. The van der Waals surface area contributed by atoms with Crippen LogP contribution < -0.4 is 5.73 Å². The van der Waals surface area contributed by atoms with Crippen molar-refractivity contribution in [3.63, 3.8) is 0 Å². The lowest BCUT2D eigenvalue weighted by Gasteiger charge is -2.32. The van der Waals surface area contributed by atoms with E-state index in [4.69, 9.17) is 11.0 Å². The van der Waals surface area contributed by atoms with E-state index in [1.54, 1.807) is 0 Å². The molecule has 0 unspecified atom stereocenters. The molecule has 0 bridgehead atoms. The summed E-state index contributed by atoms with van der Waals surface area (Å²) in [4.78, 5) is 4.68. The van der Waals surface area contributed by atoms with E-state index in [0.717, 1.165) is 48.5 Å². The molecule has 5 nitrogen and oxygen atoms in total. The van der Waals surface area contributed by atoms with Gasteiger partial charge < -0.3 is 10.3 Å². The lowest BCUT2D eigenvalue weighted by molar-refractivity contribution is 0.264. The SMILES string of the molecule is N#Cc1ccc(-c2cc3n(c2)Cc2cc(CC4CC(N)C4)ccc2-n2ccnc2-3)cc1. The first-order chi connectivity index (χ1) is 15.2. The first-order valence-electron chi connectivity index (χ1n) is 10.8. The third-order valence-electron chi connectivity index (χ3n) is 6.65. The van der Waals surface area contributed by atoms with Gasteiger partial charge in [-0.25, -0.2) is 4.98 Å². The number of hydrogen-bond acceptors (Lipinski definition) is 3. The molecule has 0 atom stereocenters. The number of fused-ring (bicyclic) bond motifs is 5. The third-order valence-corrected chi connectivity index (χ3v) is 6.65. The number of benzene rings is 2. The average Bonchev–Trinajstić information content (AvgIpc) is 3.38. The quantitative estimate of drug-likeness (QED) is 0.480. The van der Waals surface area contributed by atoms with E-state index in [1.807, 2.05) is 36.7 Å². The summed E-state index contributed by atoms with van der Waals surface area (Å²) >= 11 is 0. The van der Waals surface area contributed by atoms with Gasteiger partial charge in [0, 0.05) is 36.7 Å². The number of nitrogens with zero attached hydrogens (tertiary/aromatic N) is 4. The zero-order valence-corrected chi connectivity index (χ0v) is 17.2. The molecule has 4 aromatic rings. The van der Waals surface area contributed by atoms with Crippen molar-refractivity contribution in [2.24, 2.45) is 11.7 Å². The molecule has 0 spiro atoms. The topological polar surface area (TPSA) is 72.6 Å². The van der Waals surface area contributed by atoms with E-state index >= 15 is 0 Å². The summed E-state index contributed by atoms with van der Waals surface area (Å²) in [7, 11) is 0. The van der Waals surface area contributed by atoms with Crippen LogP contribution in [0, 0.1) is 17.2 Å². The predicted molar refractivity (Wildman–Crippen MR) is 121 cm³/mol. The van der Waals surface area contributed by atoms with Crippen molar-refractivity contribution in [2.45, 2.75) is 31.8 Å². The molecule has 1 aliphatic heterocycles. The van der Waals surface area contributed by atoms with Crippen LogP contribution in [0.3, 0.4) is 0 Å². The molecule has 1 saturated carbocycles. The minimum atomic E-state index is 0.391. The van der Waals surface area contributed by atoms with Crippen LogP contribution in [0.2, 0.25) is 0 Å². The van der Waals surface area contributed by atoms with Gasteiger partial charge in [-0.1, -0.05) is 24.3 Å². The second kappa shape index (κ2) is 6.97. The molecule has 0 amide bonds. The van der Waals surface area contributed by atoms with Gasteiger partial charge in [-0.3, -0.25) is 4.57 Å². The Morgan fingerprint density at radius 3 is 2.68 bits per heavy atom. The summed E-state index contributed by atoms with van der Waals surface area (Å²) in [6.07, 6.45) is 9.49. The molecule has 6 rings (SSSR count). The molecule has 2 N–H and O–H groups in total. The predicted octanol–water partition coefficient (Wildman–Crippen LogP) is 4.52. The molecule has 31 heavy (non-hydrogen) atoms. The van der Waals surface area contributed by atoms with Crippen molar-refractivity contribution >= 4 is 0 Å². The molecule has 0 saturated heterocycles. The van der Waals surface area contributed by atoms with Gasteiger partial charge in [0.1, 0.15) is 0 Å². The lowest BCUT2D eigenvalue weighted by atomic mass is 9.77. The second-order valence-electron chi connectivity index (χ2n) is 8.82. The molecule has 152 valence electrons. The van der Waals surface area contributed by atoms with Crippen LogP contribution in [0.1, 0.15) is 29.5 Å². The van der Waals surface area contributed by atoms with Gasteiger partial charge in [0.05, 0.1) is 23.0 Å². The van der Waals surface area contributed by atoms with Crippen LogP contribution in [0.4, 0.5) is 0 Å². The van der Waals surface area contributed by atoms with E-state index in [0.29, 0.717) is 17.5 Å². The van der Waals surface area contributed by atoms with E-state index < -0.39 is 0 Å². The highest BCUT2D eigenvalue weighted by molar-refractivity contribution is 5.72. The van der Waals surface area contributed by atoms with E-state index in [2.05, 4.69) is 50.6 Å². The van der Waals surface area contributed by atoms with Crippen LogP contribution >= 0.6 is 0 Å². The number of aromatic nitrogens is 3. The molecule has 2 aliphatic rings. The number of nitriles is 1. The molecule has 5 heteroatoms. The average molecular weight is 406 g/mol. The molecule has 1 aliphatic carbocycles. The fraction of sp³-hybridized carbons (Fsp3) is 0.231. The van der Waals surface area contributed by atoms with Crippen molar-refractivity contribution in [2.75, 3.05) is 0 Å². The molecular formula is C26H23N5. The minimum Gasteiger partial charge on any atom is -0.340 e. The van der Waals surface area contributed by atoms with Crippen molar-refractivity contribution in [3.8, 4) is 34.4 Å². The first kappa shape index (κ1) is 18.2. The van der Waals surface area contributed by atoms with E-state index in [-0.39, 0.29) is 0 Å². The van der Waals surface area contributed by atoms with Gasteiger partial charge in [-0.2, -0.15) is 5.26 Å². The highest BCUT2D eigenvalue weighted by atomic mass is 15.1. The van der Waals surface area contributed by atoms with E-state index in [9.17, 15) is 0 Å². The number of nitrogens with two attached hydrogens (primary N) is 1. The third kappa shape index (κ3) is 3.08. The zero-order chi connectivity index (χ0) is 20.9. The summed E-state index contributed by atoms with van der Waals surface area (Å²) in [5.41, 5.74) is 13.9. The Kier molecular flexibility index (Phi) is 4.09. The molecule has 0 radical (unpaired) electrons. The Balaban J connectivity index is 1.40. The maximum atomic E-state index is 9.08. The first-order valence-corrected chi connectivity index (χ1v) is 10.8. The summed E-state index contributed by atoms with van der Waals surface area (Å²) in [6, 6.07) is 19.4. The number of rotatable bonds is 3. The number of hydrogen-bond donors (Lipinski definition) is 1. The van der Waals surface area contributed by atoms with Crippen LogP contribution in [0.25, 0.3) is 28.3 Å². The Labute approximate surface area is 181 Å². The second-order valence-corrected chi connectivity index (χ2v) is 8.82. The van der Waals surface area contributed by atoms with Crippen molar-refractivity contribution in [1.29, 1.82) is 5.26 Å². The fourth-order valence-electron chi connectivity index (χ4n) is 5.01. The van der Waals surface area contributed by atoms with Crippen molar-refractivity contribution in [1.82, 2.24) is 14.1 Å². The van der Waals surface area contributed by atoms with Gasteiger partial charge in [0.25, 0.3) is 0 Å². The molecule has 2 aromatic carbocycles. The summed E-state index contributed by atoms with van der Waals surface area (Å²) in [6.45, 7) is 0.808. The Morgan fingerprint density at radius 2 is 1.90 bits per heavy atom. The lowest BCUT2D eigenvalue weighted by Crippen LogP contribution is -2.37. The number of imidazole rings is 1. The normalized spacial score (nSPS) is 18.8. The van der Waals surface area contributed by atoms with Crippen LogP contribution in [-0.4, -0.2) is 20.2 Å².